The van der Waals surface area contributed by atoms with Gasteiger partial charge in [-0.3, -0.25) is 4.79 Å². The highest BCUT2D eigenvalue weighted by molar-refractivity contribution is 5.96. The van der Waals surface area contributed by atoms with Crippen molar-refractivity contribution in [2.45, 2.75) is 20.8 Å². The second-order valence-corrected chi connectivity index (χ2v) is 4.10. The summed E-state index contributed by atoms with van der Waals surface area (Å²) >= 11 is 0. The standard InChI is InChI=1S/C14H15NO/c1-10-8-13(12(3)16)11(2)14(9-10)15-6-4-5-7-15/h4-9H,1-3H3. The third-order valence-corrected chi connectivity index (χ3v) is 2.79. The van der Waals surface area contributed by atoms with E-state index in [0.717, 1.165) is 22.4 Å². The van der Waals surface area contributed by atoms with E-state index in [1.54, 1.807) is 6.92 Å². The minimum atomic E-state index is 0.120. The summed E-state index contributed by atoms with van der Waals surface area (Å²) in [4.78, 5) is 11.5. The molecule has 0 saturated heterocycles. The van der Waals surface area contributed by atoms with Gasteiger partial charge < -0.3 is 4.57 Å². The number of carbonyl (C=O) groups is 1. The summed E-state index contributed by atoms with van der Waals surface area (Å²) in [5, 5.41) is 0. The number of rotatable bonds is 2. The number of aromatic nitrogens is 1. The summed E-state index contributed by atoms with van der Waals surface area (Å²) in [7, 11) is 0. The molecule has 0 spiro atoms. The van der Waals surface area contributed by atoms with Crippen molar-refractivity contribution >= 4 is 5.78 Å². The first-order valence-corrected chi connectivity index (χ1v) is 5.35. The fraction of sp³-hybridized carbons (Fsp3) is 0.214. The van der Waals surface area contributed by atoms with Gasteiger partial charge in [-0.15, -0.1) is 0 Å². The maximum atomic E-state index is 11.5. The molecule has 1 aromatic heterocycles. The van der Waals surface area contributed by atoms with Crippen LogP contribution in [0, 0.1) is 13.8 Å². The summed E-state index contributed by atoms with van der Waals surface area (Å²) in [5.74, 6) is 0.120. The van der Waals surface area contributed by atoms with E-state index < -0.39 is 0 Å². The number of ketones is 1. The van der Waals surface area contributed by atoms with Gasteiger partial charge in [-0.1, -0.05) is 0 Å². The molecule has 82 valence electrons. The molecule has 2 nitrogen and oxygen atoms in total. The van der Waals surface area contributed by atoms with Gasteiger partial charge in [-0.2, -0.15) is 0 Å². The van der Waals surface area contributed by atoms with Gasteiger partial charge in [-0.25, -0.2) is 0 Å². The van der Waals surface area contributed by atoms with Gasteiger partial charge in [0, 0.05) is 23.6 Å². The molecule has 0 amide bonds. The van der Waals surface area contributed by atoms with E-state index in [-0.39, 0.29) is 5.78 Å². The SMILES string of the molecule is CC(=O)c1cc(C)cc(-n2cccc2)c1C. The molecule has 0 radical (unpaired) electrons. The maximum Gasteiger partial charge on any atom is 0.160 e. The van der Waals surface area contributed by atoms with Gasteiger partial charge in [0.25, 0.3) is 0 Å². The van der Waals surface area contributed by atoms with E-state index in [1.807, 2.05) is 49.0 Å². The molecule has 0 N–H and O–H groups in total. The van der Waals surface area contributed by atoms with Crippen LogP contribution in [-0.4, -0.2) is 10.4 Å². The molecule has 2 rings (SSSR count). The molecule has 1 aromatic carbocycles. The highest BCUT2D eigenvalue weighted by atomic mass is 16.1. The molecule has 2 heteroatoms. The van der Waals surface area contributed by atoms with Crippen LogP contribution in [0.15, 0.2) is 36.7 Å². The molecule has 0 aliphatic rings. The zero-order valence-electron chi connectivity index (χ0n) is 9.82. The minimum Gasteiger partial charge on any atom is -0.324 e. The zero-order chi connectivity index (χ0) is 11.7. The third kappa shape index (κ3) is 1.78. The highest BCUT2D eigenvalue weighted by Gasteiger charge is 2.09. The smallest absolute Gasteiger partial charge is 0.160 e. The number of hydrogen-bond acceptors (Lipinski definition) is 1. The average Bonchev–Trinajstić information content (AvgIpc) is 2.73. The van der Waals surface area contributed by atoms with E-state index in [9.17, 15) is 4.79 Å². The largest absolute Gasteiger partial charge is 0.324 e. The Labute approximate surface area is 95.5 Å². The molecule has 0 atom stereocenters. The van der Waals surface area contributed by atoms with Crippen LogP contribution < -0.4 is 0 Å². The Balaban J connectivity index is 2.67. The summed E-state index contributed by atoms with van der Waals surface area (Å²) in [6.45, 7) is 5.62. The van der Waals surface area contributed by atoms with Crippen molar-refractivity contribution in [1.29, 1.82) is 0 Å². The van der Waals surface area contributed by atoms with Gasteiger partial charge >= 0.3 is 0 Å². The topological polar surface area (TPSA) is 22.0 Å². The van der Waals surface area contributed by atoms with Crippen LogP contribution in [-0.2, 0) is 0 Å². The Kier molecular flexibility index (Phi) is 2.65. The number of benzene rings is 1. The van der Waals surface area contributed by atoms with Gasteiger partial charge in [0.1, 0.15) is 0 Å². The second kappa shape index (κ2) is 3.97. The molecule has 1 heterocycles. The Bertz CT molecular complexity index is 524. The summed E-state index contributed by atoms with van der Waals surface area (Å²) in [5.41, 5.74) is 4.03. The summed E-state index contributed by atoms with van der Waals surface area (Å²) in [6.07, 6.45) is 3.98. The Morgan fingerprint density at radius 3 is 2.31 bits per heavy atom. The molecule has 2 aromatic rings. The average molecular weight is 213 g/mol. The first-order valence-electron chi connectivity index (χ1n) is 5.35. The van der Waals surface area contributed by atoms with E-state index in [0.29, 0.717) is 0 Å². The zero-order valence-corrected chi connectivity index (χ0v) is 9.82. The predicted molar refractivity (Wildman–Crippen MR) is 65.2 cm³/mol. The van der Waals surface area contributed by atoms with Gasteiger partial charge in [-0.05, 0) is 56.2 Å². The lowest BCUT2D eigenvalue weighted by Gasteiger charge is -2.12. The van der Waals surface area contributed by atoms with Crippen LogP contribution in [0.1, 0.15) is 28.4 Å². The van der Waals surface area contributed by atoms with Gasteiger partial charge in [0.05, 0.1) is 0 Å². The first kappa shape index (κ1) is 10.7. The molecular formula is C14H15NO. The number of aryl methyl sites for hydroxylation is 1. The fourth-order valence-electron chi connectivity index (χ4n) is 1.97. The van der Waals surface area contributed by atoms with Crippen LogP contribution in [0.2, 0.25) is 0 Å². The van der Waals surface area contributed by atoms with Crippen molar-refractivity contribution in [3.63, 3.8) is 0 Å². The predicted octanol–water partition coefficient (Wildman–Crippen LogP) is 3.30. The number of Topliss-reactive ketones (excluding diaryl/α,β-unsaturated/α-hetero) is 1. The van der Waals surface area contributed by atoms with Gasteiger partial charge in [0.15, 0.2) is 5.78 Å². The van der Waals surface area contributed by atoms with E-state index in [4.69, 9.17) is 0 Å². The summed E-state index contributed by atoms with van der Waals surface area (Å²) in [6, 6.07) is 8.01. The monoisotopic (exact) mass is 213 g/mol. The molecule has 0 aliphatic carbocycles. The molecular weight excluding hydrogens is 198 g/mol. The lowest BCUT2D eigenvalue weighted by molar-refractivity contribution is 0.101. The Hall–Kier alpha value is -1.83. The third-order valence-electron chi connectivity index (χ3n) is 2.79. The lowest BCUT2D eigenvalue weighted by atomic mass is 10.0. The van der Waals surface area contributed by atoms with Crippen molar-refractivity contribution in [2.24, 2.45) is 0 Å². The highest BCUT2D eigenvalue weighted by Crippen LogP contribution is 2.21. The Morgan fingerprint density at radius 2 is 1.75 bits per heavy atom. The molecule has 0 aliphatic heterocycles. The molecule has 0 saturated carbocycles. The normalized spacial score (nSPS) is 10.4. The number of carbonyl (C=O) groups excluding carboxylic acids is 1. The van der Waals surface area contributed by atoms with E-state index >= 15 is 0 Å². The molecule has 16 heavy (non-hydrogen) atoms. The number of nitrogens with zero attached hydrogens (tertiary/aromatic N) is 1. The number of hydrogen-bond donors (Lipinski definition) is 0. The van der Waals surface area contributed by atoms with Crippen LogP contribution in [0.4, 0.5) is 0 Å². The van der Waals surface area contributed by atoms with Crippen LogP contribution in [0.25, 0.3) is 5.69 Å². The molecule has 0 unspecified atom stereocenters. The quantitative estimate of drug-likeness (QED) is 0.701. The van der Waals surface area contributed by atoms with Crippen molar-refractivity contribution in [3.05, 3.63) is 53.3 Å². The van der Waals surface area contributed by atoms with Crippen LogP contribution in [0.3, 0.4) is 0 Å². The Morgan fingerprint density at radius 1 is 1.12 bits per heavy atom. The second-order valence-electron chi connectivity index (χ2n) is 4.10. The van der Waals surface area contributed by atoms with Gasteiger partial charge in [0.2, 0.25) is 0 Å². The van der Waals surface area contributed by atoms with Crippen molar-refractivity contribution in [3.8, 4) is 5.69 Å². The minimum absolute atomic E-state index is 0.120. The van der Waals surface area contributed by atoms with Crippen molar-refractivity contribution in [2.75, 3.05) is 0 Å². The maximum absolute atomic E-state index is 11.5. The van der Waals surface area contributed by atoms with Crippen molar-refractivity contribution < 1.29 is 4.79 Å². The van der Waals surface area contributed by atoms with Crippen LogP contribution in [0.5, 0.6) is 0 Å². The summed E-state index contributed by atoms with van der Waals surface area (Å²) < 4.78 is 2.04. The fourth-order valence-corrected chi connectivity index (χ4v) is 1.97. The van der Waals surface area contributed by atoms with Crippen molar-refractivity contribution in [1.82, 2.24) is 4.57 Å². The van der Waals surface area contributed by atoms with E-state index in [2.05, 4.69) is 6.07 Å². The molecule has 0 fully saturated rings. The lowest BCUT2D eigenvalue weighted by Crippen LogP contribution is -2.03. The first-order chi connectivity index (χ1) is 7.59. The van der Waals surface area contributed by atoms with Crippen LogP contribution >= 0.6 is 0 Å². The molecule has 0 bridgehead atoms. The van der Waals surface area contributed by atoms with E-state index in [1.165, 1.54) is 0 Å².